The monoisotopic (exact) mass is 205 g/mol. The van der Waals surface area contributed by atoms with E-state index in [1.165, 1.54) is 6.92 Å². The minimum absolute atomic E-state index is 0.153. The second-order valence-corrected chi connectivity index (χ2v) is 2.84. The third-order valence-corrected chi connectivity index (χ3v) is 1.53. The van der Waals surface area contributed by atoms with Crippen molar-refractivity contribution in [2.75, 3.05) is 7.05 Å². The van der Waals surface area contributed by atoms with Gasteiger partial charge in [0.05, 0.1) is 6.54 Å². The first-order chi connectivity index (χ1) is 6.43. The molecule has 0 amide bonds. The van der Waals surface area contributed by atoms with E-state index in [-0.39, 0.29) is 12.4 Å². The first kappa shape index (κ1) is 10.9. The summed E-state index contributed by atoms with van der Waals surface area (Å²) in [7, 11) is 1.62. The fraction of sp³-hybridized carbons (Fsp3) is 0.500. The van der Waals surface area contributed by atoms with Gasteiger partial charge in [0, 0.05) is 5.69 Å². The Morgan fingerprint density at radius 1 is 1.36 bits per heavy atom. The standard InChI is InChI=1S/C8H10F3N3/c1-5-3-6(8(9,10)11)14-7(13-5)4-12-2/h3,12H,4H2,1-2H3. The van der Waals surface area contributed by atoms with Crippen LogP contribution in [0, 0.1) is 6.92 Å². The van der Waals surface area contributed by atoms with Crippen LogP contribution in [0.2, 0.25) is 0 Å². The lowest BCUT2D eigenvalue weighted by atomic mass is 10.3. The van der Waals surface area contributed by atoms with Gasteiger partial charge in [-0.15, -0.1) is 0 Å². The van der Waals surface area contributed by atoms with Crippen LogP contribution in [0.3, 0.4) is 0 Å². The molecule has 78 valence electrons. The topological polar surface area (TPSA) is 37.8 Å². The number of rotatable bonds is 2. The van der Waals surface area contributed by atoms with Crippen molar-refractivity contribution in [2.24, 2.45) is 0 Å². The van der Waals surface area contributed by atoms with Crippen molar-refractivity contribution in [2.45, 2.75) is 19.6 Å². The lowest BCUT2D eigenvalue weighted by molar-refractivity contribution is -0.141. The van der Waals surface area contributed by atoms with Crippen LogP contribution in [-0.2, 0) is 12.7 Å². The Morgan fingerprint density at radius 3 is 2.50 bits per heavy atom. The zero-order valence-electron chi connectivity index (χ0n) is 7.81. The average Bonchev–Trinajstić information content (AvgIpc) is 2.02. The van der Waals surface area contributed by atoms with Gasteiger partial charge < -0.3 is 5.32 Å². The van der Waals surface area contributed by atoms with Crippen molar-refractivity contribution in [3.05, 3.63) is 23.3 Å². The summed E-state index contributed by atoms with van der Waals surface area (Å²) in [5.41, 5.74) is -0.576. The Kier molecular flexibility index (Phi) is 3.05. The molecule has 0 saturated carbocycles. The lowest BCUT2D eigenvalue weighted by Crippen LogP contribution is -2.15. The molecule has 0 unspecified atom stereocenters. The Labute approximate surface area is 79.4 Å². The molecule has 0 bridgehead atoms. The quantitative estimate of drug-likeness (QED) is 0.795. The number of aromatic nitrogens is 2. The Hall–Kier alpha value is -1.17. The van der Waals surface area contributed by atoms with Crippen molar-refractivity contribution in [3.8, 4) is 0 Å². The molecule has 0 aliphatic rings. The van der Waals surface area contributed by atoms with Crippen LogP contribution in [0.25, 0.3) is 0 Å². The van der Waals surface area contributed by atoms with Crippen molar-refractivity contribution in [1.82, 2.24) is 15.3 Å². The van der Waals surface area contributed by atoms with Gasteiger partial charge >= 0.3 is 6.18 Å². The van der Waals surface area contributed by atoms with Gasteiger partial charge in [-0.1, -0.05) is 0 Å². The SMILES string of the molecule is CNCc1nc(C)cc(C(F)(F)F)n1. The summed E-state index contributed by atoms with van der Waals surface area (Å²) < 4.78 is 36.8. The van der Waals surface area contributed by atoms with Crippen LogP contribution < -0.4 is 5.32 Å². The highest BCUT2D eigenvalue weighted by Gasteiger charge is 2.33. The van der Waals surface area contributed by atoms with E-state index in [2.05, 4.69) is 15.3 Å². The Bertz CT molecular complexity index is 322. The normalized spacial score (nSPS) is 11.8. The fourth-order valence-electron chi connectivity index (χ4n) is 1.01. The molecule has 0 fully saturated rings. The smallest absolute Gasteiger partial charge is 0.313 e. The number of halogens is 3. The van der Waals surface area contributed by atoms with Gasteiger partial charge in [-0.2, -0.15) is 13.2 Å². The maximum atomic E-state index is 12.3. The van der Waals surface area contributed by atoms with E-state index in [4.69, 9.17) is 0 Å². The molecule has 0 radical (unpaired) electrons. The molecule has 1 aromatic rings. The molecule has 1 heterocycles. The molecule has 0 aliphatic carbocycles. The van der Waals surface area contributed by atoms with E-state index in [0.717, 1.165) is 6.07 Å². The van der Waals surface area contributed by atoms with Crippen LogP contribution in [0.15, 0.2) is 6.07 Å². The van der Waals surface area contributed by atoms with E-state index < -0.39 is 11.9 Å². The zero-order valence-corrected chi connectivity index (χ0v) is 7.81. The van der Waals surface area contributed by atoms with Crippen molar-refractivity contribution in [1.29, 1.82) is 0 Å². The van der Waals surface area contributed by atoms with E-state index in [9.17, 15) is 13.2 Å². The number of nitrogens with one attached hydrogen (secondary N) is 1. The van der Waals surface area contributed by atoms with Gasteiger partial charge in [0.25, 0.3) is 0 Å². The molecule has 14 heavy (non-hydrogen) atoms. The molecule has 0 saturated heterocycles. The first-order valence-electron chi connectivity index (χ1n) is 4.00. The third kappa shape index (κ3) is 2.66. The molecular formula is C8H10F3N3. The van der Waals surface area contributed by atoms with Crippen molar-refractivity contribution >= 4 is 0 Å². The number of hydrogen-bond donors (Lipinski definition) is 1. The summed E-state index contributed by atoms with van der Waals surface area (Å²) in [5.74, 6) is 0.153. The zero-order chi connectivity index (χ0) is 10.8. The van der Waals surface area contributed by atoms with Crippen LogP contribution in [0.1, 0.15) is 17.2 Å². The summed E-state index contributed by atoms with van der Waals surface area (Å²) in [4.78, 5) is 7.26. The summed E-state index contributed by atoms with van der Waals surface area (Å²) >= 11 is 0. The first-order valence-corrected chi connectivity index (χ1v) is 4.00. The second kappa shape index (κ2) is 3.91. The maximum absolute atomic E-state index is 12.3. The molecule has 3 nitrogen and oxygen atoms in total. The molecule has 0 aromatic carbocycles. The number of nitrogens with zero attached hydrogens (tertiary/aromatic N) is 2. The third-order valence-electron chi connectivity index (χ3n) is 1.53. The van der Waals surface area contributed by atoms with Crippen LogP contribution >= 0.6 is 0 Å². The van der Waals surface area contributed by atoms with Crippen LogP contribution in [-0.4, -0.2) is 17.0 Å². The molecule has 1 rings (SSSR count). The number of hydrogen-bond acceptors (Lipinski definition) is 3. The molecule has 6 heteroatoms. The minimum atomic E-state index is -4.41. The second-order valence-electron chi connectivity index (χ2n) is 2.84. The molecule has 1 aromatic heterocycles. The number of alkyl halides is 3. The molecular weight excluding hydrogens is 195 g/mol. The van der Waals surface area contributed by atoms with Gasteiger partial charge in [-0.25, -0.2) is 9.97 Å². The Morgan fingerprint density at radius 2 is 2.00 bits per heavy atom. The molecule has 0 aliphatic heterocycles. The van der Waals surface area contributed by atoms with E-state index in [1.54, 1.807) is 7.05 Å². The summed E-state index contributed by atoms with van der Waals surface area (Å²) in [6, 6.07) is 0.930. The van der Waals surface area contributed by atoms with Crippen molar-refractivity contribution in [3.63, 3.8) is 0 Å². The molecule has 0 spiro atoms. The summed E-state index contributed by atoms with van der Waals surface area (Å²) in [5, 5.41) is 2.70. The predicted molar refractivity (Wildman–Crippen MR) is 44.5 cm³/mol. The van der Waals surface area contributed by atoms with Gasteiger partial charge in [-0.05, 0) is 20.0 Å². The predicted octanol–water partition coefficient (Wildman–Crippen LogP) is 1.52. The highest BCUT2D eigenvalue weighted by molar-refractivity contribution is 5.12. The lowest BCUT2D eigenvalue weighted by Gasteiger charge is -2.08. The Balaban J connectivity index is 3.07. The summed E-state index contributed by atoms with van der Waals surface area (Å²) in [6.45, 7) is 1.74. The van der Waals surface area contributed by atoms with Gasteiger partial charge in [0.15, 0.2) is 0 Å². The maximum Gasteiger partial charge on any atom is 0.433 e. The van der Waals surface area contributed by atoms with E-state index in [1.807, 2.05) is 0 Å². The van der Waals surface area contributed by atoms with Crippen molar-refractivity contribution < 1.29 is 13.2 Å². The highest BCUT2D eigenvalue weighted by atomic mass is 19.4. The van der Waals surface area contributed by atoms with Gasteiger partial charge in [0.1, 0.15) is 11.5 Å². The summed E-state index contributed by atoms with van der Waals surface area (Å²) in [6.07, 6.45) is -4.41. The minimum Gasteiger partial charge on any atom is -0.313 e. The average molecular weight is 205 g/mol. The largest absolute Gasteiger partial charge is 0.433 e. The van der Waals surface area contributed by atoms with E-state index in [0.29, 0.717) is 5.69 Å². The van der Waals surface area contributed by atoms with Crippen LogP contribution in [0.4, 0.5) is 13.2 Å². The van der Waals surface area contributed by atoms with Gasteiger partial charge in [0.2, 0.25) is 0 Å². The molecule has 1 N–H and O–H groups in total. The highest BCUT2D eigenvalue weighted by Crippen LogP contribution is 2.27. The fourth-order valence-corrected chi connectivity index (χ4v) is 1.01. The van der Waals surface area contributed by atoms with Crippen LogP contribution in [0.5, 0.6) is 0 Å². The number of aryl methyl sites for hydroxylation is 1. The van der Waals surface area contributed by atoms with Gasteiger partial charge in [-0.3, -0.25) is 0 Å². The van der Waals surface area contributed by atoms with E-state index >= 15 is 0 Å². The molecule has 0 atom stereocenters.